The molecule has 21 heavy (non-hydrogen) atoms. The molecule has 0 aliphatic carbocycles. The molecule has 5 nitrogen and oxygen atoms in total. The molecule has 116 valence electrons. The maximum absolute atomic E-state index is 11.8. The molecule has 0 fully saturated rings. The number of amides is 2. The Balaban J connectivity index is 2.33. The summed E-state index contributed by atoms with van der Waals surface area (Å²) in [5.74, 6) is -0.351. The van der Waals surface area contributed by atoms with Crippen LogP contribution in [0.4, 0.5) is 0 Å². The second-order valence-corrected chi connectivity index (χ2v) is 6.26. The third-order valence-corrected chi connectivity index (χ3v) is 3.24. The van der Waals surface area contributed by atoms with E-state index in [0.717, 1.165) is 5.56 Å². The molecule has 0 aromatic heterocycles. The van der Waals surface area contributed by atoms with Gasteiger partial charge in [0.25, 0.3) is 5.91 Å². The van der Waals surface area contributed by atoms with Crippen molar-refractivity contribution in [3.8, 4) is 0 Å². The van der Waals surface area contributed by atoms with Crippen LogP contribution in [0.3, 0.4) is 0 Å². The van der Waals surface area contributed by atoms with Crippen molar-refractivity contribution in [3.05, 3.63) is 35.4 Å². The van der Waals surface area contributed by atoms with Gasteiger partial charge in [0, 0.05) is 18.7 Å². The largest absolute Gasteiger partial charge is 0.353 e. The Hall–Kier alpha value is -1.88. The molecule has 0 saturated heterocycles. The number of hydrogen-bond acceptors (Lipinski definition) is 3. The van der Waals surface area contributed by atoms with E-state index in [1.165, 1.54) is 0 Å². The van der Waals surface area contributed by atoms with Crippen LogP contribution in [0.15, 0.2) is 24.3 Å². The summed E-state index contributed by atoms with van der Waals surface area (Å²) in [6, 6.07) is 6.76. The van der Waals surface area contributed by atoms with Crippen molar-refractivity contribution < 1.29 is 9.59 Å². The molecule has 5 heteroatoms. The van der Waals surface area contributed by atoms with E-state index in [1.807, 2.05) is 39.8 Å². The highest BCUT2D eigenvalue weighted by Crippen LogP contribution is 2.16. The van der Waals surface area contributed by atoms with Crippen molar-refractivity contribution in [3.63, 3.8) is 0 Å². The minimum absolute atomic E-state index is 0.149. The lowest BCUT2D eigenvalue weighted by atomic mass is 9.87. The standard InChI is InChI=1S/C16H25N3O2/c1-11-5-7-12(8-6-11)14(20)18-9-10-19-15(21)13(17)16(2,3)4/h5-8,13H,9-10,17H2,1-4H3,(H,18,20)(H,19,21)/t13-/m0/s1. The van der Waals surface area contributed by atoms with Gasteiger partial charge in [-0.25, -0.2) is 0 Å². The molecule has 1 aromatic carbocycles. The average molecular weight is 291 g/mol. The number of benzene rings is 1. The summed E-state index contributed by atoms with van der Waals surface area (Å²) in [4.78, 5) is 23.6. The monoisotopic (exact) mass is 291 g/mol. The summed E-state index contributed by atoms with van der Waals surface area (Å²) in [5, 5.41) is 5.48. The lowest BCUT2D eigenvalue weighted by Gasteiger charge is -2.25. The first-order valence-corrected chi connectivity index (χ1v) is 7.10. The number of nitrogens with two attached hydrogens (primary N) is 1. The fraction of sp³-hybridized carbons (Fsp3) is 0.500. The first kappa shape index (κ1) is 17.2. The molecular formula is C16H25N3O2. The van der Waals surface area contributed by atoms with Crippen LogP contribution in [-0.4, -0.2) is 30.9 Å². The van der Waals surface area contributed by atoms with Gasteiger partial charge >= 0.3 is 0 Å². The van der Waals surface area contributed by atoms with Gasteiger partial charge in [0.05, 0.1) is 6.04 Å². The van der Waals surface area contributed by atoms with Crippen molar-refractivity contribution in [2.75, 3.05) is 13.1 Å². The molecule has 0 aliphatic rings. The van der Waals surface area contributed by atoms with E-state index in [9.17, 15) is 9.59 Å². The highest BCUT2D eigenvalue weighted by Gasteiger charge is 2.26. The van der Waals surface area contributed by atoms with E-state index in [1.54, 1.807) is 12.1 Å². The summed E-state index contributed by atoms with van der Waals surface area (Å²) in [5.41, 5.74) is 7.28. The van der Waals surface area contributed by atoms with Gasteiger partial charge in [-0.05, 0) is 24.5 Å². The summed E-state index contributed by atoms with van der Waals surface area (Å²) in [6.45, 7) is 8.44. The predicted molar refractivity (Wildman–Crippen MR) is 84.0 cm³/mol. The molecule has 4 N–H and O–H groups in total. The Morgan fingerprint density at radius 1 is 1.10 bits per heavy atom. The summed E-state index contributed by atoms with van der Waals surface area (Å²) < 4.78 is 0. The third kappa shape index (κ3) is 5.55. The molecule has 1 rings (SSSR count). The Bertz CT molecular complexity index is 489. The molecule has 0 spiro atoms. The van der Waals surface area contributed by atoms with Crippen LogP contribution < -0.4 is 16.4 Å². The molecule has 0 saturated carbocycles. The van der Waals surface area contributed by atoms with Gasteiger partial charge in [-0.15, -0.1) is 0 Å². The molecule has 0 radical (unpaired) electrons. The Morgan fingerprint density at radius 3 is 2.14 bits per heavy atom. The zero-order chi connectivity index (χ0) is 16.0. The zero-order valence-electron chi connectivity index (χ0n) is 13.2. The second-order valence-electron chi connectivity index (χ2n) is 6.26. The summed E-state index contributed by atoms with van der Waals surface area (Å²) in [6.07, 6.45) is 0. The first-order chi connectivity index (χ1) is 9.71. The SMILES string of the molecule is Cc1ccc(C(=O)NCCNC(=O)[C@H](N)C(C)(C)C)cc1. The molecule has 2 amide bonds. The van der Waals surface area contributed by atoms with Crippen molar-refractivity contribution in [2.24, 2.45) is 11.1 Å². The molecule has 0 bridgehead atoms. The number of carbonyl (C=O) groups excluding carboxylic acids is 2. The maximum atomic E-state index is 11.8. The van der Waals surface area contributed by atoms with Crippen LogP contribution in [0.25, 0.3) is 0 Å². The summed E-state index contributed by atoms with van der Waals surface area (Å²) >= 11 is 0. The molecular weight excluding hydrogens is 266 g/mol. The van der Waals surface area contributed by atoms with Crippen molar-refractivity contribution in [1.29, 1.82) is 0 Å². The van der Waals surface area contributed by atoms with Crippen LogP contribution in [0.2, 0.25) is 0 Å². The van der Waals surface area contributed by atoms with Gasteiger partial charge in [-0.2, -0.15) is 0 Å². The normalized spacial score (nSPS) is 12.6. The highest BCUT2D eigenvalue weighted by atomic mass is 16.2. The molecule has 0 aliphatic heterocycles. The lowest BCUT2D eigenvalue weighted by molar-refractivity contribution is -0.124. The minimum atomic E-state index is -0.565. The van der Waals surface area contributed by atoms with Crippen LogP contribution in [0.1, 0.15) is 36.7 Å². The van der Waals surface area contributed by atoms with E-state index >= 15 is 0 Å². The fourth-order valence-electron chi connectivity index (χ4n) is 1.67. The fourth-order valence-corrected chi connectivity index (χ4v) is 1.67. The molecule has 1 atom stereocenters. The van der Waals surface area contributed by atoms with Crippen molar-refractivity contribution in [1.82, 2.24) is 10.6 Å². The number of rotatable bonds is 5. The van der Waals surface area contributed by atoms with Gasteiger partial charge in [-0.1, -0.05) is 38.5 Å². The van der Waals surface area contributed by atoms with Crippen LogP contribution in [0, 0.1) is 12.3 Å². The number of carbonyl (C=O) groups is 2. The lowest BCUT2D eigenvalue weighted by Crippen LogP contribution is -2.49. The minimum Gasteiger partial charge on any atom is -0.353 e. The predicted octanol–water partition coefficient (Wildman–Crippen LogP) is 1.21. The van der Waals surface area contributed by atoms with E-state index in [0.29, 0.717) is 18.7 Å². The molecule has 0 unspecified atom stereocenters. The summed E-state index contributed by atoms with van der Waals surface area (Å²) in [7, 11) is 0. The number of aryl methyl sites for hydroxylation is 1. The Kier molecular flexibility index (Phi) is 5.90. The topological polar surface area (TPSA) is 84.2 Å². The van der Waals surface area contributed by atoms with Crippen LogP contribution in [0.5, 0.6) is 0 Å². The third-order valence-electron chi connectivity index (χ3n) is 3.24. The zero-order valence-corrected chi connectivity index (χ0v) is 13.2. The quantitative estimate of drug-likeness (QED) is 0.713. The van der Waals surface area contributed by atoms with E-state index in [4.69, 9.17) is 5.73 Å². The van der Waals surface area contributed by atoms with Crippen molar-refractivity contribution in [2.45, 2.75) is 33.7 Å². The van der Waals surface area contributed by atoms with Crippen LogP contribution in [-0.2, 0) is 4.79 Å². The Morgan fingerprint density at radius 2 is 1.62 bits per heavy atom. The number of nitrogens with one attached hydrogen (secondary N) is 2. The highest BCUT2D eigenvalue weighted by molar-refractivity contribution is 5.94. The molecule has 1 aromatic rings. The van der Waals surface area contributed by atoms with Gasteiger partial charge in [0.15, 0.2) is 0 Å². The van der Waals surface area contributed by atoms with Crippen molar-refractivity contribution >= 4 is 11.8 Å². The van der Waals surface area contributed by atoms with E-state index in [2.05, 4.69) is 10.6 Å². The van der Waals surface area contributed by atoms with E-state index in [-0.39, 0.29) is 17.2 Å². The Labute approximate surface area is 126 Å². The average Bonchev–Trinajstić information content (AvgIpc) is 2.42. The second kappa shape index (κ2) is 7.22. The van der Waals surface area contributed by atoms with Gasteiger partial charge < -0.3 is 16.4 Å². The smallest absolute Gasteiger partial charge is 0.251 e. The van der Waals surface area contributed by atoms with Gasteiger partial charge in [-0.3, -0.25) is 9.59 Å². The van der Waals surface area contributed by atoms with Gasteiger partial charge in [0.1, 0.15) is 0 Å². The first-order valence-electron chi connectivity index (χ1n) is 7.10. The molecule has 0 heterocycles. The van der Waals surface area contributed by atoms with Crippen LogP contribution >= 0.6 is 0 Å². The van der Waals surface area contributed by atoms with E-state index < -0.39 is 6.04 Å². The van der Waals surface area contributed by atoms with Gasteiger partial charge in [0.2, 0.25) is 5.91 Å². The maximum Gasteiger partial charge on any atom is 0.251 e. The number of hydrogen-bond donors (Lipinski definition) is 3.